The molecule has 0 amide bonds. The second-order valence-corrected chi connectivity index (χ2v) is 6.42. The summed E-state index contributed by atoms with van der Waals surface area (Å²) in [6.45, 7) is 9.40. The monoisotopic (exact) mass is 287 g/mol. The van der Waals surface area contributed by atoms with E-state index in [-0.39, 0.29) is 5.84 Å². The lowest BCUT2D eigenvalue weighted by Gasteiger charge is -2.36. The molecule has 3 N–H and O–H groups in total. The highest BCUT2D eigenvalue weighted by atomic mass is 15.3. The SMILES string of the molecule is Cc1cc(C)c(C(=N)N)c(N2CCN(CC3CC3)CC2)n1. The largest absolute Gasteiger partial charge is 0.384 e. The van der Waals surface area contributed by atoms with E-state index in [1.807, 2.05) is 19.9 Å². The van der Waals surface area contributed by atoms with Crippen LogP contribution in [0.4, 0.5) is 5.82 Å². The topological polar surface area (TPSA) is 69.2 Å². The number of anilines is 1. The Morgan fingerprint density at radius 2 is 1.95 bits per heavy atom. The van der Waals surface area contributed by atoms with Gasteiger partial charge >= 0.3 is 0 Å². The molecule has 2 aliphatic rings. The molecule has 1 aliphatic carbocycles. The Bertz CT molecular complexity index is 542. The molecule has 1 saturated heterocycles. The van der Waals surface area contributed by atoms with Gasteiger partial charge in [0.05, 0.1) is 5.56 Å². The number of hydrogen-bond acceptors (Lipinski definition) is 4. The van der Waals surface area contributed by atoms with E-state index < -0.39 is 0 Å². The summed E-state index contributed by atoms with van der Waals surface area (Å²) in [7, 11) is 0. The smallest absolute Gasteiger partial charge is 0.140 e. The summed E-state index contributed by atoms with van der Waals surface area (Å²) in [5.41, 5.74) is 8.62. The molecule has 0 radical (unpaired) electrons. The van der Waals surface area contributed by atoms with E-state index in [1.54, 1.807) is 0 Å². The van der Waals surface area contributed by atoms with Crippen molar-refractivity contribution in [2.75, 3.05) is 37.6 Å². The summed E-state index contributed by atoms with van der Waals surface area (Å²) in [6.07, 6.45) is 2.82. The molecule has 1 aromatic heterocycles. The maximum atomic E-state index is 7.85. The molecule has 1 aliphatic heterocycles. The molecule has 0 bridgehead atoms. The van der Waals surface area contributed by atoms with Gasteiger partial charge in [-0.15, -0.1) is 0 Å². The van der Waals surface area contributed by atoms with Crippen molar-refractivity contribution in [1.82, 2.24) is 9.88 Å². The zero-order valence-electron chi connectivity index (χ0n) is 13.0. The lowest BCUT2D eigenvalue weighted by atomic mass is 10.1. The number of nitrogen functional groups attached to an aromatic ring is 1. The molecule has 0 atom stereocenters. The minimum absolute atomic E-state index is 0.121. The van der Waals surface area contributed by atoms with Crippen molar-refractivity contribution in [2.24, 2.45) is 11.7 Å². The minimum atomic E-state index is 0.121. The van der Waals surface area contributed by atoms with Crippen molar-refractivity contribution >= 4 is 11.7 Å². The number of aromatic nitrogens is 1. The first-order chi connectivity index (χ1) is 10.0. The molecule has 5 heteroatoms. The van der Waals surface area contributed by atoms with Crippen molar-refractivity contribution in [3.05, 3.63) is 22.9 Å². The third-order valence-corrected chi connectivity index (χ3v) is 4.48. The second kappa shape index (κ2) is 5.64. The third-order valence-electron chi connectivity index (χ3n) is 4.48. The Labute approximate surface area is 126 Å². The first-order valence-electron chi connectivity index (χ1n) is 7.84. The standard InChI is InChI=1S/C16H25N5/c1-11-9-12(2)19-16(14(11)15(17)18)21-7-5-20(6-8-21)10-13-3-4-13/h9,13H,3-8,10H2,1-2H3,(H3,17,18). The molecule has 0 spiro atoms. The van der Waals surface area contributed by atoms with Crippen LogP contribution in [0.3, 0.4) is 0 Å². The van der Waals surface area contributed by atoms with E-state index in [2.05, 4.69) is 14.8 Å². The molecular formula is C16H25N5. The van der Waals surface area contributed by atoms with Crippen molar-refractivity contribution < 1.29 is 0 Å². The Morgan fingerprint density at radius 1 is 1.29 bits per heavy atom. The van der Waals surface area contributed by atoms with Gasteiger partial charge in [0.15, 0.2) is 0 Å². The van der Waals surface area contributed by atoms with Gasteiger partial charge in [-0.2, -0.15) is 0 Å². The summed E-state index contributed by atoms with van der Waals surface area (Å²) in [6, 6.07) is 2.00. The first-order valence-corrected chi connectivity index (χ1v) is 7.84. The number of nitrogens with two attached hydrogens (primary N) is 1. The molecule has 2 fully saturated rings. The fraction of sp³-hybridized carbons (Fsp3) is 0.625. The van der Waals surface area contributed by atoms with Crippen LogP contribution in [0.5, 0.6) is 0 Å². The summed E-state index contributed by atoms with van der Waals surface area (Å²) >= 11 is 0. The van der Waals surface area contributed by atoms with Crippen LogP contribution >= 0.6 is 0 Å². The highest BCUT2D eigenvalue weighted by molar-refractivity contribution is 6.01. The number of aryl methyl sites for hydroxylation is 2. The van der Waals surface area contributed by atoms with E-state index >= 15 is 0 Å². The van der Waals surface area contributed by atoms with Gasteiger partial charge in [0, 0.05) is 38.4 Å². The second-order valence-electron chi connectivity index (χ2n) is 6.42. The predicted octanol–water partition coefficient (Wildman–Crippen LogP) is 1.51. The number of amidine groups is 1. The lowest BCUT2D eigenvalue weighted by Crippen LogP contribution is -2.48. The van der Waals surface area contributed by atoms with Gasteiger partial charge in [0.2, 0.25) is 0 Å². The predicted molar refractivity (Wildman–Crippen MR) is 86.1 cm³/mol. The van der Waals surface area contributed by atoms with E-state index in [4.69, 9.17) is 11.1 Å². The van der Waals surface area contributed by atoms with E-state index in [9.17, 15) is 0 Å². The van der Waals surface area contributed by atoms with Crippen LogP contribution in [-0.2, 0) is 0 Å². The number of piperazine rings is 1. The molecule has 3 rings (SSSR count). The fourth-order valence-corrected chi connectivity index (χ4v) is 3.19. The summed E-state index contributed by atoms with van der Waals surface area (Å²) < 4.78 is 0. The number of nitrogens with one attached hydrogen (secondary N) is 1. The summed E-state index contributed by atoms with van der Waals surface area (Å²) in [4.78, 5) is 9.52. The average molecular weight is 287 g/mol. The number of pyridine rings is 1. The zero-order chi connectivity index (χ0) is 15.0. The molecule has 1 saturated carbocycles. The Morgan fingerprint density at radius 3 is 2.52 bits per heavy atom. The minimum Gasteiger partial charge on any atom is -0.384 e. The van der Waals surface area contributed by atoms with Crippen LogP contribution in [0.2, 0.25) is 0 Å². The van der Waals surface area contributed by atoms with Crippen LogP contribution in [0.15, 0.2) is 6.07 Å². The van der Waals surface area contributed by atoms with Crippen LogP contribution in [0.1, 0.15) is 29.7 Å². The highest BCUT2D eigenvalue weighted by Crippen LogP contribution is 2.30. The maximum absolute atomic E-state index is 7.85. The molecule has 1 aromatic rings. The molecular weight excluding hydrogens is 262 g/mol. The number of nitrogens with zero attached hydrogens (tertiary/aromatic N) is 3. The van der Waals surface area contributed by atoms with Gasteiger partial charge in [0.1, 0.15) is 11.7 Å². The molecule has 0 aromatic carbocycles. The van der Waals surface area contributed by atoms with E-state index in [0.717, 1.165) is 54.7 Å². The number of hydrogen-bond donors (Lipinski definition) is 2. The van der Waals surface area contributed by atoms with Crippen LogP contribution < -0.4 is 10.6 Å². The van der Waals surface area contributed by atoms with Crippen molar-refractivity contribution in [3.8, 4) is 0 Å². The van der Waals surface area contributed by atoms with Gasteiger partial charge in [-0.05, 0) is 44.2 Å². The summed E-state index contributed by atoms with van der Waals surface area (Å²) in [5, 5.41) is 7.85. The van der Waals surface area contributed by atoms with Crippen molar-refractivity contribution in [1.29, 1.82) is 5.41 Å². The van der Waals surface area contributed by atoms with E-state index in [0.29, 0.717) is 0 Å². The van der Waals surface area contributed by atoms with E-state index in [1.165, 1.54) is 19.4 Å². The van der Waals surface area contributed by atoms with Gasteiger partial charge in [0.25, 0.3) is 0 Å². The van der Waals surface area contributed by atoms with Gasteiger partial charge < -0.3 is 10.6 Å². The van der Waals surface area contributed by atoms with Crippen molar-refractivity contribution in [3.63, 3.8) is 0 Å². The van der Waals surface area contributed by atoms with Gasteiger partial charge in [-0.25, -0.2) is 4.98 Å². The molecule has 0 unspecified atom stereocenters. The molecule has 5 nitrogen and oxygen atoms in total. The molecule has 2 heterocycles. The quantitative estimate of drug-likeness (QED) is 0.650. The maximum Gasteiger partial charge on any atom is 0.140 e. The average Bonchev–Trinajstić information content (AvgIpc) is 3.22. The van der Waals surface area contributed by atoms with Gasteiger partial charge in [-0.3, -0.25) is 10.3 Å². The molecule has 114 valence electrons. The Balaban J connectivity index is 1.76. The highest BCUT2D eigenvalue weighted by Gasteiger charge is 2.27. The van der Waals surface area contributed by atoms with Crippen LogP contribution in [-0.4, -0.2) is 48.4 Å². The zero-order valence-corrected chi connectivity index (χ0v) is 13.0. The summed E-state index contributed by atoms with van der Waals surface area (Å²) in [5.74, 6) is 1.96. The van der Waals surface area contributed by atoms with Crippen molar-refractivity contribution in [2.45, 2.75) is 26.7 Å². The Kier molecular flexibility index (Phi) is 3.85. The number of rotatable bonds is 4. The first kappa shape index (κ1) is 14.3. The third kappa shape index (κ3) is 3.18. The molecule has 21 heavy (non-hydrogen) atoms. The van der Waals surface area contributed by atoms with Crippen LogP contribution in [0.25, 0.3) is 0 Å². The fourth-order valence-electron chi connectivity index (χ4n) is 3.19. The van der Waals surface area contributed by atoms with Gasteiger partial charge in [-0.1, -0.05) is 0 Å². The Hall–Kier alpha value is -1.62. The normalized spacial score (nSPS) is 19.8. The van der Waals surface area contributed by atoms with Crippen LogP contribution in [0, 0.1) is 25.2 Å². The lowest BCUT2D eigenvalue weighted by molar-refractivity contribution is 0.247.